The summed E-state index contributed by atoms with van der Waals surface area (Å²) >= 11 is 2.03. The largest absolute Gasteiger partial charge is 0.461 e. The third kappa shape index (κ3) is 2.48. The zero-order valence-corrected chi connectivity index (χ0v) is 10.3. The maximum absolute atomic E-state index is 11.6. The summed E-state index contributed by atoms with van der Waals surface area (Å²) < 4.78 is 5.21. The summed E-state index contributed by atoms with van der Waals surface area (Å²) in [4.78, 5) is 13.9. The van der Waals surface area contributed by atoms with Gasteiger partial charge < -0.3 is 4.74 Å². The number of carbonyl (C=O) groups is 1. The van der Waals surface area contributed by atoms with Gasteiger partial charge in [-0.05, 0) is 13.3 Å². The molecular weight excluding hydrogens is 210 g/mol. The number of nitrogens with zero attached hydrogens (tertiary/aromatic N) is 1. The van der Waals surface area contributed by atoms with Crippen LogP contribution in [0.1, 0.15) is 26.7 Å². The minimum Gasteiger partial charge on any atom is -0.461 e. The Morgan fingerprint density at radius 1 is 1.60 bits per heavy atom. The van der Waals surface area contributed by atoms with Crippen molar-refractivity contribution in [2.45, 2.75) is 44.1 Å². The smallest absolute Gasteiger partial charge is 0.323 e. The van der Waals surface area contributed by atoms with Crippen molar-refractivity contribution in [1.82, 2.24) is 4.90 Å². The molecule has 0 unspecified atom stereocenters. The third-order valence-corrected chi connectivity index (χ3v) is 4.58. The molecule has 2 rings (SSSR count). The number of rotatable bonds is 2. The lowest BCUT2D eigenvalue weighted by atomic mass is 10.1. The molecule has 0 saturated carbocycles. The zero-order chi connectivity index (χ0) is 10.8. The first-order valence-electron chi connectivity index (χ1n) is 5.77. The Bertz CT molecular complexity index is 247. The average molecular weight is 229 g/mol. The maximum Gasteiger partial charge on any atom is 0.323 e. The molecule has 3 nitrogen and oxygen atoms in total. The number of hydrogen-bond donors (Lipinski definition) is 0. The minimum atomic E-state index is -0.00995. The molecule has 0 bridgehead atoms. The highest BCUT2D eigenvalue weighted by Gasteiger charge is 2.38. The lowest BCUT2D eigenvalue weighted by molar-refractivity contribution is -0.144. The van der Waals surface area contributed by atoms with E-state index in [0.29, 0.717) is 5.25 Å². The van der Waals surface area contributed by atoms with Crippen LogP contribution in [0.25, 0.3) is 0 Å². The second-order valence-corrected chi connectivity index (χ2v) is 5.80. The SMILES string of the molecule is CC[C@@H]1CN([C@@H]2C[C@@H](C)OC2=O)CCS1. The van der Waals surface area contributed by atoms with Gasteiger partial charge >= 0.3 is 5.97 Å². The van der Waals surface area contributed by atoms with E-state index in [-0.39, 0.29) is 18.1 Å². The average Bonchev–Trinajstić information content (AvgIpc) is 2.58. The molecule has 86 valence electrons. The fourth-order valence-corrected chi connectivity index (χ4v) is 3.51. The van der Waals surface area contributed by atoms with Gasteiger partial charge in [0.25, 0.3) is 0 Å². The van der Waals surface area contributed by atoms with Crippen LogP contribution >= 0.6 is 11.8 Å². The molecule has 0 spiro atoms. The van der Waals surface area contributed by atoms with E-state index >= 15 is 0 Å². The summed E-state index contributed by atoms with van der Waals surface area (Å²) in [5.74, 6) is 1.14. The predicted molar refractivity (Wildman–Crippen MR) is 62.1 cm³/mol. The lowest BCUT2D eigenvalue weighted by Crippen LogP contribution is -2.46. The molecule has 2 fully saturated rings. The summed E-state index contributed by atoms with van der Waals surface area (Å²) in [6, 6.07) is 0.0370. The summed E-state index contributed by atoms with van der Waals surface area (Å²) in [5, 5.41) is 0.697. The van der Waals surface area contributed by atoms with Gasteiger partial charge in [-0.1, -0.05) is 6.92 Å². The fourth-order valence-electron chi connectivity index (χ4n) is 2.31. The molecule has 4 heteroatoms. The number of esters is 1. The van der Waals surface area contributed by atoms with Crippen LogP contribution in [0.5, 0.6) is 0 Å². The first kappa shape index (κ1) is 11.3. The van der Waals surface area contributed by atoms with E-state index in [1.54, 1.807) is 0 Å². The highest BCUT2D eigenvalue weighted by molar-refractivity contribution is 8.00. The second kappa shape index (κ2) is 4.74. The molecule has 0 radical (unpaired) electrons. The van der Waals surface area contributed by atoms with Gasteiger partial charge in [-0.15, -0.1) is 0 Å². The standard InChI is InChI=1S/C11H19NO2S/c1-3-9-7-12(4-5-15-9)10-6-8(2)14-11(10)13/h8-10H,3-7H2,1-2H3/t8-,9-,10-/m1/s1. The molecule has 0 N–H and O–H groups in total. The van der Waals surface area contributed by atoms with Crippen molar-refractivity contribution in [1.29, 1.82) is 0 Å². The molecule has 0 aromatic heterocycles. The Labute approximate surface area is 95.5 Å². The Morgan fingerprint density at radius 2 is 2.40 bits per heavy atom. The van der Waals surface area contributed by atoms with Crippen LogP contribution in [0.2, 0.25) is 0 Å². The van der Waals surface area contributed by atoms with Crippen LogP contribution in [0.15, 0.2) is 0 Å². The fraction of sp³-hybridized carbons (Fsp3) is 0.909. The van der Waals surface area contributed by atoms with Gasteiger partial charge in [0.1, 0.15) is 12.1 Å². The molecule has 2 heterocycles. The van der Waals surface area contributed by atoms with Gasteiger partial charge in [0.2, 0.25) is 0 Å². The maximum atomic E-state index is 11.6. The normalized spacial score (nSPS) is 38.0. The van der Waals surface area contributed by atoms with Crippen molar-refractivity contribution in [3.8, 4) is 0 Å². The molecule has 2 aliphatic heterocycles. The lowest BCUT2D eigenvalue weighted by Gasteiger charge is -2.34. The van der Waals surface area contributed by atoms with Crippen LogP contribution in [-0.2, 0) is 9.53 Å². The molecule has 3 atom stereocenters. The quantitative estimate of drug-likeness (QED) is 0.671. The van der Waals surface area contributed by atoms with Gasteiger partial charge in [0, 0.05) is 30.5 Å². The van der Waals surface area contributed by atoms with E-state index in [0.717, 1.165) is 25.3 Å². The van der Waals surface area contributed by atoms with Crippen molar-refractivity contribution in [2.75, 3.05) is 18.8 Å². The van der Waals surface area contributed by atoms with E-state index in [2.05, 4.69) is 11.8 Å². The number of carbonyl (C=O) groups excluding carboxylic acids is 1. The molecule has 0 amide bonds. The molecular formula is C11H19NO2S. The molecule has 2 aliphatic rings. The number of cyclic esters (lactones) is 1. The van der Waals surface area contributed by atoms with Crippen molar-refractivity contribution in [3.05, 3.63) is 0 Å². The van der Waals surface area contributed by atoms with Crippen molar-refractivity contribution >= 4 is 17.7 Å². The predicted octanol–water partition coefficient (Wildman–Crippen LogP) is 1.52. The Kier molecular flexibility index (Phi) is 3.57. The summed E-state index contributed by atoms with van der Waals surface area (Å²) in [7, 11) is 0. The molecule has 0 aromatic carbocycles. The zero-order valence-electron chi connectivity index (χ0n) is 9.44. The van der Waals surface area contributed by atoms with E-state index in [1.807, 2.05) is 18.7 Å². The van der Waals surface area contributed by atoms with Gasteiger partial charge in [0.05, 0.1) is 0 Å². The van der Waals surface area contributed by atoms with Crippen molar-refractivity contribution in [3.63, 3.8) is 0 Å². The number of ether oxygens (including phenoxy) is 1. The first-order chi connectivity index (χ1) is 7.20. The van der Waals surface area contributed by atoms with Crippen LogP contribution in [-0.4, -0.2) is 47.1 Å². The van der Waals surface area contributed by atoms with E-state index in [4.69, 9.17) is 4.74 Å². The monoisotopic (exact) mass is 229 g/mol. The van der Waals surface area contributed by atoms with Crippen LogP contribution in [0.4, 0.5) is 0 Å². The number of thioether (sulfide) groups is 1. The van der Waals surface area contributed by atoms with Crippen molar-refractivity contribution in [2.24, 2.45) is 0 Å². The van der Waals surface area contributed by atoms with E-state index in [1.165, 1.54) is 6.42 Å². The van der Waals surface area contributed by atoms with Crippen molar-refractivity contribution < 1.29 is 9.53 Å². The van der Waals surface area contributed by atoms with Crippen LogP contribution in [0, 0.1) is 0 Å². The van der Waals surface area contributed by atoms with Crippen LogP contribution in [0.3, 0.4) is 0 Å². The first-order valence-corrected chi connectivity index (χ1v) is 6.81. The number of hydrogen-bond acceptors (Lipinski definition) is 4. The molecule has 15 heavy (non-hydrogen) atoms. The Balaban J connectivity index is 1.95. The highest BCUT2D eigenvalue weighted by Crippen LogP contribution is 2.27. The summed E-state index contributed by atoms with van der Waals surface area (Å²) in [5.41, 5.74) is 0. The summed E-state index contributed by atoms with van der Waals surface area (Å²) in [6.07, 6.45) is 2.18. The molecule has 0 aliphatic carbocycles. The van der Waals surface area contributed by atoms with Gasteiger partial charge in [0.15, 0.2) is 0 Å². The topological polar surface area (TPSA) is 29.5 Å². The minimum absolute atomic E-state index is 0.00995. The summed E-state index contributed by atoms with van der Waals surface area (Å²) in [6.45, 7) is 6.28. The van der Waals surface area contributed by atoms with Gasteiger partial charge in [-0.2, -0.15) is 11.8 Å². The molecule has 2 saturated heterocycles. The third-order valence-electron chi connectivity index (χ3n) is 3.21. The highest BCUT2D eigenvalue weighted by atomic mass is 32.2. The molecule has 0 aromatic rings. The van der Waals surface area contributed by atoms with E-state index in [9.17, 15) is 4.79 Å². The van der Waals surface area contributed by atoms with E-state index < -0.39 is 0 Å². The second-order valence-electron chi connectivity index (χ2n) is 4.39. The Hall–Kier alpha value is -0.220. The van der Waals surface area contributed by atoms with Crippen LogP contribution < -0.4 is 0 Å². The Morgan fingerprint density at radius 3 is 3.00 bits per heavy atom. The van der Waals surface area contributed by atoms with Gasteiger partial charge in [-0.25, -0.2) is 0 Å². The van der Waals surface area contributed by atoms with Gasteiger partial charge in [-0.3, -0.25) is 9.69 Å².